The quantitative estimate of drug-likeness (QED) is 0.244. The molecule has 306 valence electrons. The molecule has 55 heavy (non-hydrogen) atoms. The number of piperidine rings is 3. The van der Waals surface area contributed by atoms with Crippen molar-refractivity contribution in [1.29, 1.82) is 0 Å². The zero-order valence-corrected chi connectivity index (χ0v) is 32.2. The topological polar surface area (TPSA) is 109 Å². The molecule has 5 heterocycles. The summed E-state index contributed by atoms with van der Waals surface area (Å²) < 4.78 is 88.5. The summed E-state index contributed by atoms with van der Waals surface area (Å²) in [6.45, 7) is 11.6. The Morgan fingerprint density at radius 2 is 1.18 bits per heavy atom. The molecule has 1 aromatic rings. The minimum absolute atomic E-state index is 0.0988. The van der Waals surface area contributed by atoms with Crippen LogP contribution in [0.25, 0.3) is 0 Å². The van der Waals surface area contributed by atoms with Crippen molar-refractivity contribution in [2.75, 3.05) is 13.1 Å². The van der Waals surface area contributed by atoms with E-state index in [1.807, 2.05) is 18.2 Å². The van der Waals surface area contributed by atoms with Crippen LogP contribution in [-0.4, -0.2) is 105 Å². The maximum Gasteiger partial charge on any atom is 0.397 e. The van der Waals surface area contributed by atoms with Gasteiger partial charge < -0.3 is 19.3 Å². The van der Waals surface area contributed by atoms with Crippen LogP contribution in [-0.2, 0) is 35.2 Å². The molecule has 4 saturated heterocycles. The number of carbonyl (C=O) groups is 4. The van der Waals surface area contributed by atoms with Gasteiger partial charge in [-0.15, -0.1) is 0 Å². The number of carbonyl (C=O) groups excluding carboxylic acids is 4. The van der Waals surface area contributed by atoms with Crippen molar-refractivity contribution in [3.63, 3.8) is 0 Å². The fourth-order valence-electron chi connectivity index (χ4n) is 9.85. The lowest BCUT2D eigenvalue weighted by Crippen LogP contribution is -2.58. The number of rotatable bonds is 6. The highest BCUT2D eigenvalue weighted by Gasteiger charge is 2.62. The third-order valence-corrected chi connectivity index (χ3v) is 12.0. The van der Waals surface area contributed by atoms with E-state index in [-0.39, 0.29) is 48.3 Å². The van der Waals surface area contributed by atoms with E-state index in [2.05, 4.69) is 9.88 Å². The summed E-state index contributed by atoms with van der Waals surface area (Å²) in [5, 5.41) is 0. The standard InChI is InChI=1S/C22H28F3N3O3.C17H24F3NO3/c1-21(2,3)20(30)31-19-16-9-13-8-15(27(16)12-14-6-4-5-7-26-14)18(19)28(11-13)17(29)10-22(23,24)25;1-16(2,3)15(23)24-14-11-5-9-4-10(6-11)13(14)21(8-9)12(22)7-17(18,19)20/h4-7,13,15-16,18-19H,8-12H2,1-3H3;9-11,13-14H,4-8H2,1-3H3/t13?,15-,16+,18?,19+;9?,10-,11+,13?,14-/m10/s1. The van der Waals surface area contributed by atoms with E-state index in [9.17, 15) is 45.5 Å². The van der Waals surface area contributed by atoms with Crippen molar-refractivity contribution in [2.24, 2.45) is 34.5 Å². The lowest BCUT2D eigenvalue weighted by molar-refractivity contribution is -0.173. The third-order valence-electron chi connectivity index (χ3n) is 12.0. The number of alkyl halides is 6. The second kappa shape index (κ2) is 14.8. The smallest absolute Gasteiger partial charge is 0.397 e. The van der Waals surface area contributed by atoms with Crippen LogP contribution in [0.4, 0.5) is 26.3 Å². The average Bonchev–Trinajstić information content (AvgIpc) is 3.25. The highest BCUT2D eigenvalue weighted by molar-refractivity contribution is 5.79. The number of fused-ring (bicyclic) bond motifs is 4. The van der Waals surface area contributed by atoms with E-state index in [0.717, 1.165) is 31.4 Å². The molecule has 6 aliphatic rings. The number of hydrogen-bond donors (Lipinski definition) is 0. The molecule has 4 aliphatic heterocycles. The first kappa shape index (κ1) is 41.2. The predicted octanol–water partition coefficient (Wildman–Crippen LogP) is 6.32. The minimum atomic E-state index is -4.57. The first-order valence-electron chi connectivity index (χ1n) is 19.2. The molecular weight excluding hydrogens is 734 g/mol. The van der Waals surface area contributed by atoms with Crippen LogP contribution >= 0.6 is 0 Å². The monoisotopic (exact) mass is 786 g/mol. The molecule has 10 nitrogen and oxygen atoms in total. The molecule has 0 aromatic carbocycles. The number of halogens is 6. The Labute approximate surface area is 317 Å². The van der Waals surface area contributed by atoms with E-state index in [1.54, 1.807) is 47.7 Å². The lowest BCUT2D eigenvalue weighted by Gasteiger charge is -2.46. The molecule has 0 radical (unpaired) electrons. The number of hydrogen-bond acceptors (Lipinski definition) is 8. The Morgan fingerprint density at radius 3 is 1.71 bits per heavy atom. The van der Waals surface area contributed by atoms with Crippen molar-refractivity contribution < 1.29 is 55.0 Å². The molecule has 0 N–H and O–H groups in total. The fraction of sp³-hybridized carbons (Fsp3) is 0.769. The van der Waals surface area contributed by atoms with Crippen LogP contribution in [0.2, 0.25) is 0 Å². The van der Waals surface area contributed by atoms with E-state index < -0.39 is 78.1 Å². The minimum Gasteiger partial charge on any atom is -0.459 e. The van der Waals surface area contributed by atoms with Gasteiger partial charge in [-0.2, -0.15) is 26.3 Å². The van der Waals surface area contributed by atoms with E-state index in [0.29, 0.717) is 19.5 Å². The van der Waals surface area contributed by atoms with Crippen LogP contribution in [0.3, 0.4) is 0 Å². The second-order valence-corrected chi connectivity index (χ2v) is 18.5. The zero-order valence-electron chi connectivity index (χ0n) is 32.2. The summed E-state index contributed by atoms with van der Waals surface area (Å²) in [4.78, 5) is 59.1. The molecule has 0 spiro atoms. The Hall–Kier alpha value is -3.43. The number of aromatic nitrogens is 1. The van der Waals surface area contributed by atoms with Gasteiger partial charge in [0.2, 0.25) is 11.8 Å². The summed E-state index contributed by atoms with van der Waals surface area (Å²) in [6, 6.07) is 4.33. The highest BCUT2D eigenvalue weighted by Crippen LogP contribution is 2.53. The van der Waals surface area contributed by atoms with Crippen molar-refractivity contribution in [1.82, 2.24) is 19.7 Å². The van der Waals surface area contributed by atoms with Crippen LogP contribution < -0.4 is 0 Å². The largest absolute Gasteiger partial charge is 0.459 e. The van der Waals surface area contributed by atoms with Crippen LogP contribution in [0, 0.1) is 34.5 Å². The SMILES string of the molecule is CC(C)(C)C(=O)O[C@@H]1C2[C@H]3CC(C[C@@H]1C3)CN2C(=O)CC(F)(F)F.CC(C)(C)C(=O)O[C@@H]1C2[C@H]3CC(C[C@@H]1N3Cc1ccccn1)CN2C(=O)CC(F)(F)F. The number of likely N-dealkylation sites (tertiary alicyclic amines) is 2. The number of ether oxygens (including phenoxy) is 2. The van der Waals surface area contributed by atoms with Gasteiger partial charge in [-0.1, -0.05) is 6.07 Å². The van der Waals surface area contributed by atoms with Crippen molar-refractivity contribution in [2.45, 2.75) is 142 Å². The van der Waals surface area contributed by atoms with Gasteiger partial charge in [0.1, 0.15) is 25.0 Å². The molecule has 2 saturated carbocycles. The normalized spacial score (nSPS) is 32.6. The van der Waals surface area contributed by atoms with Gasteiger partial charge >= 0.3 is 24.3 Å². The first-order valence-corrected chi connectivity index (χ1v) is 19.2. The Bertz CT molecular complexity index is 1610. The predicted molar refractivity (Wildman–Crippen MR) is 185 cm³/mol. The van der Waals surface area contributed by atoms with E-state index >= 15 is 0 Å². The van der Waals surface area contributed by atoms with Gasteiger partial charge in [0.05, 0.1) is 28.6 Å². The Morgan fingerprint density at radius 1 is 0.673 bits per heavy atom. The van der Waals surface area contributed by atoms with Gasteiger partial charge in [0.25, 0.3) is 0 Å². The molecule has 2 aliphatic carbocycles. The summed E-state index contributed by atoms with van der Waals surface area (Å²) in [5.41, 5.74) is -0.581. The maximum atomic E-state index is 13.0. The summed E-state index contributed by atoms with van der Waals surface area (Å²) in [7, 11) is 0. The molecule has 10 atom stereocenters. The van der Waals surface area contributed by atoms with Gasteiger partial charge in [0, 0.05) is 37.9 Å². The summed E-state index contributed by atoms with van der Waals surface area (Å²) in [6.07, 6.45) is -7.41. The van der Waals surface area contributed by atoms with E-state index in [1.165, 1.54) is 9.80 Å². The molecule has 4 unspecified atom stereocenters. The zero-order chi connectivity index (χ0) is 40.4. The molecule has 6 bridgehead atoms. The maximum absolute atomic E-state index is 13.0. The van der Waals surface area contributed by atoms with E-state index in [4.69, 9.17) is 9.47 Å². The highest BCUT2D eigenvalue weighted by atomic mass is 19.4. The number of pyridine rings is 1. The van der Waals surface area contributed by atoms with Gasteiger partial charge in [-0.25, -0.2) is 0 Å². The molecule has 16 heteroatoms. The van der Waals surface area contributed by atoms with Crippen molar-refractivity contribution >= 4 is 23.8 Å². The van der Waals surface area contributed by atoms with Gasteiger partial charge in [-0.3, -0.25) is 29.1 Å². The van der Waals surface area contributed by atoms with Crippen molar-refractivity contribution in [3.05, 3.63) is 30.1 Å². The molecule has 2 amide bonds. The number of nitrogens with zero attached hydrogens (tertiary/aromatic N) is 4. The Kier molecular flexibility index (Phi) is 11.1. The lowest BCUT2D eigenvalue weighted by atomic mass is 9.78. The third kappa shape index (κ3) is 9.09. The second-order valence-electron chi connectivity index (χ2n) is 18.5. The Balaban J connectivity index is 0.000000193. The molecular formula is C39H52F6N4O6. The fourth-order valence-corrected chi connectivity index (χ4v) is 9.85. The van der Waals surface area contributed by atoms with Crippen LogP contribution in [0.5, 0.6) is 0 Å². The van der Waals surface area contributed by atoms with Gasteiger partial charge in [0.15, 0.2) is 0 Å². The first-order chi connectivity index (χ1) is 25.4. The van der Waals surface area contributed by atoms with Gasteiger partial charge in [-0.05, 0) is 109 Å². The molecule has 1 aromatic heterocycles. The number of esters is 2. The van der Waals surface area contributed by atoms with Crippen LogP contribution in [0.1, 0.15) is 92.2 Å². The van der Waals surface area contributed by atoms with Crippen LogP contribution in [0.15, 0.2) is 24.4 Å². The van der Waals surface area contributed by atoms with Crippen molar-refractivity contribution in [3.8, 4) is 0 Å². The summed E-state index contributed by atoms with van der Waals surface area (Å²) in [5.74, 6) is -1.96. The molecule has 6 fully saturated rings. The average molecular weight is 787 g/mol. The summed E-state index contributed by atoms with van der Waals surface area (Å²) >= 11 is 0. The number of amides is 2. The molecule has 7 rings (SSSR count).